The molecule has 2 saturated heterocycles. The van der Waals surface area contributed by atoms with Gasteiger partial charge in [0.25, 0.3) is 0 Å². The maximum atomic E-state index is 12.5. The van der Waals surface area contributed by atoms with Crippen LogP contribution < -0.4 is 10.2 Å². The molecule has 0 aromatic heterocycles. The van der Waals surface area contributed by atoms with Gasteiger partial charge in [-0.15, -0.1) is 0 Å². The zero-order valence-electron chi connectivity index (χ0n) is 16.6. The van der Waals surface area contributed by atoms with Crippen molar-refractivity contribution >= 4 is 23.2 Å². The maximum absolute atomic E-state index is 12.5. The Kier molecular flexibility index (Phi) is 6.72. The van der Waals surface area contributed by atoms with Gasteiger partial charge in [-0.25, -0.2) is 0 Å². The highest BCUT2D eigenvalue weighted by atomic mass is 16.2. The van der Waals surface area contributed by atoms with Crippen LogP contribution in [-0.4, -0.2) is 67.9 Å². The molecule has 6 nitrogen and oxygen atoms in total. The van der Waals surface area contributed by atoms with Crippen molar-refractivity contribution in [2.45, 2.75) is 44.6 Å². The van der Waals surface area contributed by atoms with E-state index in [0.717, 1.165) is 38.2 Å². The molecule has 0 radical (unpaired) electrons. The largest absolute Gasteiger partial charge is 0.372 e. The van der Waals surface area contributed by atoms with Crippen molar-refractivity contribution in [3.63, 3.8) is 0 Å². The molecule has 2 heterocycles. The van der Waals surface area contributed by atoms with Gasteiger partial charge in [-0.2, -0.15) is 0 Å². The number of amides is 2. The molecule has 1 aromatic carbocycles. The van der Waals surface area contributed by atoms with Crippen molar-refractivity contribution in [3.05, 3.63) is 24.3 Å². The van der Waals surface area contributed by atoms with Gasteiger partial charge in [-0.1, -0.05) is 12.8 Å². The Morgan fingerprint density at radius 2 is 1.67 bits per heavy atom. The molecular weight excluding hydrogens is 340 g/mol. The van der Waals surface area contributed by atoms with E-state index in [1.807, 2.05) is 17.0 Å². The molecular formula is C21H32N4O2. The molecule has 2 aliphatic rings. The van der Waals surface area contributed by atoms with Gasteiger partial charge in [0.2, 0.25) is 11.8 Å². The predicted molar refractivity (Wildman–Crippen MR) is 109 cm³/mol. The summed E-state index contributed by atoms with van der Waals surface area (Å²) in [6.07, 6.45) is 6.93. The third kappa shape index (κ3) is 5.22. The molecule has 2 aliphatic heterocycles. The number of nitrogens with zero attached hydrogens (tertiary/aromatic N) is 3. The van der Waals surface area contributed by atoms with Gasteiger partial charge < -0.3 is 15.1 Å². The van der Waals surface area contributed by atoms with Crippen molar-refractivity contribution in [1.82, 2.24) is 9.80 Å². The minimum Gasteiger partial charge on any atom is -0.372 e. The highest BCUT2D eigenvalue weighted by Crippen LogP contribution is 2.22. The summed E-state index contributed by atoms with van der Waals surface area (Å²) in [5.74, 6) is 0.0260. The fourth-order valence-corrected chi connectivity index (χ4v) is 4.06. The van der Waals surface area contributed by atoms with E-state index in [2.05, 4.69) is 22.3 Å². The molecule has 27 heavy (non-hydrogen) atoms. The summed E-state index contributed by atoms with van der Waals surface area (Å²) >= 11 is 0. The molecule has 1 N–H and O–H groups in total. The Labute approximate surface area is 162 Å². The Morgan fingerprint density at radius 3 is 2.30 bits per heavy atom. The molecule has 2 fully saturated rings. The second-order valence-electron chi connectivity index (χ2n) is 7.86. The zero-order valence-corrected chi connectivity index (χ0v) is 16.6. The van der Waals surface area contributed by atoms with Gasteiger partial charge in [0.15, 0.2) is 0 Å². The van der Waals surface area contributed by atoms with Crippen LogP contribution in [0.3, 0.4) is 0 Å². The van der Waals surface area contributed by atoms with Crippen molar-refractivity contribution in [2.75, 3.05) is 50.5 Å². The molecule has 0 unspecified atom stereocenters. The smallest absolute Gasteiger partial charge is 0.239 e. The lowest BCUT2D eigenvalue weighted by Crippen LogP contribution is -2.45. The Morgan fingerprint density at radius 1 is 1.00 bits per heavy atom. The first-order valence-corrected chi connectivity index (χ1v) is 10.1. The highest BCUT2D eigenvalue weighted by Gasteiger charge is 2.32. The van der Waals surface area contributed by atoms with E-state index in [4.69, 9.17) is 0 Å². The first-order valence-electron chi connectivity index (χ1n) is 10.1. The summed E-state index contributed by atoms with van der Waals surface area (Å²) in [6, 6.07) is 7.97. The Hall–Kier alpha value is -2.08. The van der Waals surface area contributed by atoms with Crippen LogP contribution >= 0.6 is 0 Å². The lowest BCUT2D eigenvalue weighted by Gasteiger charge is -2.25. The number of rotatable bonds is 5. The maximum Gasteiger partial charge on any atom is 0.239 e. The van der Waals surface area contributed by atoms with Crippen LogP contribution in [0.5, 0.6) is 0 Å². The van der Waals surface area contributed by atoms with Crippen LogP contribution in [-0.2, 0) is 9.59 Å². The number of carbonyl (C=O) groups is 2. The summed E-state index contributed by atoms with van der Waals surface area (Å²) in [5.41, 5.74) is 2.04. The number of likely N-dealkylation sites (N-methyl/N-ethyl adjacent to an activating group) is 1. The number of hydrogen-bond acceptors (Lipinski definition) is 4. The molecule has 0 aliphatic carbocycles. The third-order valence-electron chi connectivity index (χ3n) is 5.56. The average Bonchev–Trinajstić information content (AvgIpc) is 2.93. The van der Waals surface area contributed by atoms with Gasteiger partial charge in [-0.3, -0.25) is 14.5 Å². The summed E-state index contributed by atoms with van der Waals surface area (Å²) in [5, 5.41) is 2.98. The molecule has 148 valence electrons. The van der Waals surface area contributed by atoms with Crippen LogP contribution in [0.25, 0.3) is 0 Å². The second kappa shape index (κ2) is 9.22. The quantitative estimate of drug-likeness (QED) is 0.863. The number of hydrogen-bond donors (Lipinski definition) is 1. The fourth-order valence-electron chi connectivity index (χ4n) is 4.06. The third-order valence-corrected chi connectivity index (χ3v) is 5.56. The summed E-state index contributed by atoms with van der Waals surface area (Å²) in [6.45, 7) is 3.29. The van der Waals surface area contributed by atoms with Crippen molar-refractivity contribution in [2.24, 2.45) is 0 Å². The van der Waals surface area contributed by atoms with Gasteiger partial charge >= 0.3 is 0 Å². The van der Waals surface area contributed by atoms with E-state index in [-0.39, 0.29) is 24.4 Å². The lowest BCUT2D eigenvalue weighted by atomic mass is 10.2. The predicted octanol–water partition coefficient (Wildman–Crippen LogP) is 2.56. The van der Waals surface area contributed by atoms with Crippen LogP contribution in [0.4, 0.5) is 11.4 Å². The van der Waals surface area contributed by atoms with Gasteiger partial charge in [0, 0.05) is 38.6 Å². The summed E-state index contributed by atoms with van der Waals surface area (Å²) in [7, 11) is 3.54. The van der Waals surface area contributed by atoms with Crippen LogP contribution in [0.2, 0.25) is 0 Å². The van der Waals surface area contributed by atoms with Crippen LogP contribution in [0.15, 0.2) is 24.3 Å². The second-order valence-corrected chi connectivity index (χ2v) is 7.86. The van der Waals surface area contributed by atoms with Crippen molar-refractivity contribution < 1.29 is 9.59 Å². The minimum atomic E-state index is -0.170. The standard InChI is InChI=1S/C21H32N4O2/c1-23(2)21(27)19-8-7-15-25(19)16-20(26)22-17-9-11-18(12-10-17)24-13-5-3-4-6-14-24/h9-12,19H,3-8,13-16H2,1-2H3,(H,22,26)/t19-/m0/s1. The van der Waals surface area contributed by atoms with E-state index in [1.165, 1.54) is 31.4 Å². The number of nitrogens with one attached hydrogen (secondary N) is 1. The van der Waals surface area contributed by atoms with Gasteiger partial charge in [0.1, 0.15) is 0 Å². The van der Waals surface area contributed by atoms with E-state index in [1.54, 1.807) is 19.0 Å². The van der Waals surface area contributed by atoms with E-state index < -0.39 is 0 Å². The van der Waals surface area contributed by atoms with E-state index in [0.29, 0.717) is 0 Å². The molecule has 0 bridgehead atoms. The van der Waals surface area contributed by atoms with Gasteiger partial charge in [0.05, 0.1) is 12.6 Å². The van der Waals surface area contributed by atoms with Crippen molar-refractivity contribution in [1.29, 1.82) is 0 Å². The Balaban J connectivity index is 1.54. The van der Waals surface area contributed by atoms with Crippen LogP contribution in [0, 0.1) is 0 Å². The van der Waals surface area contributed by atoms with Crippen LogP contribution in [0.1, 0.15) is 38.5 Å². The molecule has 0 spiro atoms. The molecule has 3 rings (SSSR count). The summed E-state index contributed by atoms with van der Waals surface area (Å²) < 4.78 is 0. The molecule has 0 saturated carbocycles. The molecule has 1 aromatic rings. The van der Waals surface area contributed by atoms with E-state index in [9.17, 15) is 9.59 Å². The number of likely N-dealkylation sites (tertiary alicyclic amines) is 1. The first-order chi connectivity index (χ1) is 13.0. The summed E-state index contributed by atoms with van der Waals surface area (Å²) in [4.78, 5) is 30.7. The molecule has 6 heteroatoms. The molecule has 2 amide bonds. The normalized spacial score (nSPS) is 21.0. The van der Waals surface area contributed by atoms with E-state index >= 15 is 0 Å². The highest BCUT2D eigenvalue weighted by molar-refractivity contribution is 5.93. The van der Waals surface area contributed by atoms with Gasteiger partial charge in [-0.05, 0) is 56.5 Å². The average molecular weight is 373 g/mol. The van der Waals surface area contributed by atoms with Crippen molar-refractivity contribution in [3.8, 4) is 0 Å². The fraction of sp³-hybridized carbons (Fsp3) is 0.619. The monoisotopic (exact) mass is 372 g/mol. The zero-order chi connectivity index (χ0) is 19.2. The molecule has 1 atom stereocenters. The number of anilines is 2. The topological polar surface area (TPSA) is 55.9 Å². The SMILES string of the molecule is CN(C)C(=O)[C@@H]1CCCN1CC(=O)Nc1ccc(N2CCCCCC2)cc1. The lowest BCUT2D eigenvalue weighted by molar-refractivity contribution is -0.133. The number of benzene rings is 1. The minimum absolute atomic E-state index is 0.0593. The number of carbonyl (C=O) groups excluding carboxylic acids is 2. The first kappa shape index (κ1) is 19.7. The Bertz CT molecular complexity index is 636.